The maximum Gasteiger partial charge on any atom is 0.416 e. The number of halogens is 3. The van der Waals surface area contributed by atoms with Crippen LogP contribution in [0, 0.1) is 0 Å². The van der Waals surface area contributed by atoms with E-state index in [0.717, 1.165) is 49.6 Å². The van der Waals surface area contributed by atoms with Crippen LogP contribution in [-0.2, 0) is 30.5 Å². The number of anilines is 1. The van der Waals surface area contributed by atoms with E-state index in [2.05, 4.69) is 25.4 Å². The number of fused-ring (bicyclic) bond motifs is 1. The van der Waals surface area contributed by atoms with E-state index in [0.29, 0.717) is 12.2 Å². The van der Waals surface area contributed by atoms with Crippen molar-refractivity contribution >= 4 is 11.6 Å². The highest BCUT2D eigenvalue weighted by Crippen LogP contribution is 2.29. The molecule has 2 heterocycles. The number of carbonyl (C=O) groups excluding carboxylic acids is 1. The molecule has 26 heavy (non-hydrogen) atoms. The molecule has 9 heteroatoms. The Kier molecular flexibility index (Phi) is 5.26. The lowest BCUT2D eigenvalue weighted by Crippen LogP contribution is -2.38. The lowest BCUT2D eigenvalue weighted by molar-refractivity contribution is -0.137. The van der Waals surface area contributed by atoms with Crippen LogP contribution in [0.3, 0.4) is 0 Å². The highest BCUT2D eigenvalue weighted by Gasteiger charge is 2.30. The standard InChI is InChI=1S/C17H20F3N5O/c1-11(21-10-15-24-23-14-4-2-3-9-25(14)15)16(26)22-13-7-5-12(6-8-13)17(18,19)20/h5-8,11,21H,2-4,9-10H2,1H3,(H,22,26)/t11-/m1/s1. The number of amides is 1. The maximum absolute atomic E-state index is 12.6. The van der Waals surface area contributed by atoms with Gasteiger partial charge in [0.1, 0.15) is 11.6 Å². The van der Waals surface area contributed by atoms with Crippen LogP contribution in [0.4, 0.5) is 18.9 Å². The second kappa shape index (κ2) is 7.45. The molecular weight excluding hydrogens is 347 g/mol. The van der Waals surface area contributed by atoms with Crippen LogP contribution in [0.15, 0.2) is 24.3 Å². The third kappa shape index (κ3) is 4.21. The molecule has 0 fully saturated rings. The van der Waals surface area contributed by atoms with Crippen molar-refractivity contribution in [3.63, 3.8) is 0 Å². The number of aromatic nitrogens is 3. The predicted molar refractivity (Wildman–Crippen MR) is 89.3 cm³/mol. The summed E-state index contributed by atoms with van der Waals surface area (Å²) >= 11 is 0. The van der Waals surface area contributed by atoms with Gasteiger partial charge in [0.25, 0.3) is 0 Å². The zero-order valence-corrected chi connectivity index (χ0v) is 14.3. The SMILES string of the molecule is C[C@@H](NCc1nnc2n1CCCC2)C(=O)Nc1ccc(C(F)(F)F)cc1. The van der Waals surface area contributed by atoms with Gasteiger partial charge in [0, 0.05) is 18.7 Å². The molecule has 0 unspecified atom stereocenters. The molecule has 0 spiro atoms. The van der Waals surface area contributed by atoms with Crippen molar-refractivity contribution in [2.24, 2.45) is 0 Å². The number of carbonyl (C=O) groups is 1. The second-order valence-electron chi connectivity index (χ2n) is 6.31. The van der Waals surface area contributed by atoms with Gasteiger partial charge in [-0.15, -0.1) is 10.2 Å². The van der Waals surface area contributed by atoms with Crippen LogP contribution < -0.4 is 10.6 Å². The lowest BCUT2D eigenvalue weighted by Gasteiger charge is -2.17. The van der Waals surface area contributed by atoms with E-state index in [-0.39, 0.29) is 5.91 Å². The Bertz CT molecular complexity index is 770. The van der Waals surface area contributed by atoms with E-state index in [1.165, 1.54) is 12.1 Å². The molecule has 1 atom stereocenters. The van der Waals surface area contributed by atoms with Gasteiger partial charge in [-0.25, -0.2) is 0 Å². The Morgan fingerprint density at radius 1 is 1.23 bits per heavy atom. The number of nitrogens with one attached hydrogen (secondary N) is 2. The van der Waals surface area contributed by atoms with Gasteiger partial charge in [0.05, 0.1) is 18.2 Å². The van der Waals surface area contributed by atoms with Gasteiger partial charge in [0.2, 0.25) is 5.91 Å². The largest absolute Gasteiger partial charge is 0.416 e. The maximum atomic E-state index is 12.6. The molecular formula is C17H20F3N5O. The number of aryl methyl sites for hydroxylation is 1. The number of hydrogen-bond donors (Lipinski definition) is 2. The lowest BCUT2D eigenvalue weighted by atomic mass is 10.1. The summed E-state index contributed by atoms with van der Waals surface area (Å²) in [6.45, 7) is 2.97. The van der Waals surface area contributed by atoms with Crippen molar-refractivity contribution in [2.45, 2.75) is 51.5 Å². The Morgan fingerprint density at radius 3 is 2.65 bits per heavy atom. The van der Waals surface area contributed by atoms with Crippen LogP contribution in [0.5, 0.6) is 0 Å². The van der Waals surface area contributed by atoms with E-state index in [9.17, 15) is 18.0 Å². The van der Waals surface area contributed by atoms with Crippen molar-refractivity contribution in [3.05, 3.63) is 41.5 Å². The highest BCUT2D eigenvalue weighted by atomic mass is 19.4. The van der Waals surface area contributed by atoms with Crippen molar-refractivity contribution in [1.29, 1.82) is 0 Å². The Labute approximate surface area is 148 Å². The first-order chi connectivity index (χ1) is 12.3. The number of alkyl halides is 3. The first kappa shape index (κ1) is 18.4. The second-order valence-corrected chi connectivity index (χ2v) is 6.31. The molecule has 1 aromatic carbocycles. The molecule has 1 aliphatic rings. The third-order valence-electron chi connectivity index (χ3n) is 4.38. The Hall–Kier alpha value is -2.42. The summed E-state index contributed by atoms with van der Waals surface area (Å²) in [7, 11) is 0. The molecule has 1 aromatic heterocycles. The summed E-state index contributed by atoms with van der Waals surface area (Å²) in [6.07, 6.45) is -1.29. The zero-order valence-electron chi connectivity index (χ0n) is 14.3. The molecule has 0 saturated carbocycles. The fraction of sp³-hybridized carbons (Fsp3) is 0.471. The normalized spacial score (nSPS) is 15.4. The molecule has 2 N–H and O–H groups in total. The van der Waals surface area contributed by atoms with Gasteiger partial charge in [-0.1, -0.05) is 0 Å². The first-order valence-electron chi connectivity index (χ1n) is 8.47. The van der Waals surface area contributed by atoms with E-state index in [1.807, 2.05) is 0 Å². The fourth-order valence-corrected chi connectivity index (χ4v) is 2.83. The Balaban J connectivity index is 1.54. The van der Waals surface area contributed by atoms with Crippen molar-refractivity contribution in [3.8, 4) is 0 Å². The van der Waals surface area contributed by atoms with Crippen LogP contribution in [0.25, 0.3) is 0 Å². The monoisotopic (exact) mass is 367 g/mol. The van der Waals surface area contributed by atoms with Crippen LogP contribution >= 0.6 is 0 Å². The predicted octanol–water partition coefficient (Wildman–Crippen LogP) is 2.75. The van der Waals surface area contributed by atoms with Gasteiger partial charge < -0.3 is 9.88 Å². The molecule has 0 radical (unpaired) electrons. The highest BCUT2D eigenvalue weighted by molar-refractivity contribution is 5.94. The average molecular weight is 367 g/mol. The molecule has 140 valence electrons. The topological polar surface area (TPSA) is 71.8 Å². The first-order valence-corrected chi connectivity index (χ1v) is 8.47. The smallest absolute Gasteiger partial charge is 0.325 e. The number of nitrogens with zero attached hydrogens (tertiary/aromatic N) is 3. The van der Waals surface area contributed by atoms with Crippen molar-refractivity contribution < 1.29 is 18.0 Å². The van der Waals surface area contributed by atoms with Gasteiger partial charge in [-0.2, -0.15) is 13.2 Å². The summed E-state index contributed by atoms with van der Waals surface area (Å²) in [6, 6.07) is 3.82. The molecule has 1 amide bonds. The fourth-order valence-electron chi connectivity index (χ4n) is 2.83. The third-order valence-corrected chi connectivity index (χ3v) is 4.38. The molecule has 0 aliphatic carbocycles. The quantitative estimate of drug-likeness (QED) is 0.852. The molecule has 1 aliphatic heterocycles. The molecule has 0 bridgehead atoms. The number of rotatable bonds is 5. The Morgan fingerprint density at radius 2 is 1.96 bits per heavy atom. The molecule has 6 nitrogen and oxygen atoms in total. The summed E-state index contributed by atoms with van der Waals surface area (Å²) in [4.78, 5) is 12.2. The molecule has 0 saturated heterocycles. The minimum Gasteiger partial charge on any atom is -0.325 e. The molecule has 2 aromatic rings. The summed E-state index contributed by atoms with van der Waals surface area (Å²) < 4.78 is 39.7. The van der Waals surface area contributed by atoms with Gasteiger partial charge >= 0.3 is 6.18 Å². The van der Waals surface area contributed by atoms with Gasteiger partial charge in [-0.3, -0.25) is 10.1 Å². The molecule has 3 rings (SSSR count). The summed E-state index contributed by atoms with van der Waals surface area (Å²) in [5.41, 5.74) is -0.435. The zero-order chi connectivity index (χ0) is 18.7. The summed E-state index contributed by atoms with van der Waals surface area (Å²) in [5, 5.41) is 14.0. The minimum atomic E-state index is -4.39. The average Bonchev–Trinajstić information content (AvgIpc) is 3.02. The van der Waals surface area contributed by atoms with Crippen LogP contribution in [0.2, 0.25) is 0 Å². The minimum absolute atomic E-state index is 0.316. The number of hydrogen-bond acceptors (Lipinski definition) is 4. The van der Waals surface area contributed by atoms with Crippen LogP contribution in [-0.4, -0.2) is 26.7 Å². The van der Waals surface area contributed by atoms with Gasteiger partial charge in [-0.05, 0) is 44.0 Å². The van der Waals surface area contributed by atoms with Crippen LogP contribution in [0.1, 0.15) is 37.0 Å². The van der Waals surface area contributed by atoms with Gasteiger partial charge in [0.15, 0.2) is 0 Å². The van der Waals surface area contributed by atoms with Crippen molar-refractivity contribution in [2.75, 3.05) is 5.32 Å². The number of benzene rings is 1. The van der Waals surface area contributed by atoms with E-state index < -0.39 is 17.8 Å². The van der Waals surface area contributed by atoms with Crippen molar-refractivity contribution in [1.82, 2.24) is 20.1 Å². The van der Waals surface area contributed by atoms with E-state index in [1.54, 1.807) is 6.92 Å². The van der Waals surface area contributed by atoms with E-state index >= 15 is 0 Å². The van der Waals surface area contributed by atoms with E-state index in [4.69, 9.17) is 0 Å². The summed E-state index contributed by atoms with van der Waals surface area (Å²) in [5.74, 6) is 1.42.